The largest absolute Gasteiger partial charge is 0.481 e. The van der Waals surface area contributed by atoms with Gasteiger partial charge < -0.3 is 30.1 Å². The fourth-order valence-corrected chi connectivity index (χ4v) is 5.33. The van der Waals surface area contributed by atoms with Gasteiger partial charge in [0.05, 0.1) is 30.9 Å². The molecule has 250 valence electrons. The zero-order valence-corrected chi connectivity index (χ0v) is 27.8. The van der Waals surface area contributed by atoms with Crippen LogP contribution >= 0.6 is 0 Å². The van der Waals surface area contributed by atoms with E-state index >= 15 is 0 Å². The van der Waals surface area contributed by atoms with Crippen molar-refractivity contribution in [1.29, 1.82) is 0 Å². The van der Waals surface area contributed by atoms with Crippen LogP contribution in [0.2, 0.25) is 0 Å². The minimum absolute atomic E-state index is 0.0256. The van der Waals surface area contributed by atoms with E-state index in [1.54, 1.807) is 24.3 Å². The predicted molar refractivity (Wildman–Crippen MR) is 180 cm³/mol. The number of nitrogens with one attached hydrogen (secondary N) is 1. The summed E-state index contributed by atoms with van der Waals surface area (Å²) in [6, 6.07) is 14.7. The molecule has 0 radical (unpaired) electrons. The Morgan fingerprint density at radius 2 is 1.63 bits per heavy atom. The van der Waals surface area contributed by atoms with Gasteiger partial charge in [0.15, 0.2) is 6.79 Å². The lowest BCUT2D eigenvalue weighted by molar-refractivity contribution is -0.139. The van der Waals surface area contributed by atoms with Crippen molar-refractivity contribution < 1.29 is 34.0 Å². The predicted octanol–water partition coefficient (Wildman–Crippen LogP) is 6.48. The fraction of sp³-hybridized carbons (Fsp3) is 0.459. The van der Waals surface area contributed by atoms with Gasteiger partial charge in [-0.15, -0.1) is 0 Å². The second-order valence-corrected chi connectivity index (χ2v) is 12.3. The first-order valence-electron chi connectivity index (χ1n) is 15.9. The Hall–Kier alpha value is -3.63. The summed E-state index contributed by atoms with van der Waals surface area (Å²) in [6.07, 6.45) is 1.92. The van der Waals surface area contributed by atoms with Crippen LogP contribution in [0.15, 0.2) is 54.6 Å². The molecule has 0 aliphatic carbocycles. The van der Waals surface area contributed by atoms with Crippen LogP contribution in [0.3, 0.4) is 0 Å². The van der Waals surface area contributed by atoms with Crippen molar-refractivity contribution in [1.82, 2.24) is 10.3 Å². The molecule has 2 aromatic carbocycles. The number of benzene rings is 2. The monoisotopic (exact) mass is 636 g/mol. The van der Waals surface area contributed by atoms with Crippen LogP contribution in [0.4, 0.5) is 4.39 Å². The quantitative estimate of drug-likeness (QED) is 0.0925. The fourth-order valence-electron chi connectivity index (χ4n) is 5.33. The number of carbonyl (C=O) groups is 1. The topological polar surface area (TPSA) is 121 Å². The highest BCUT2D eigenvalue weighted by Crippen LogP contribution is 2.38. The Balaban J connectivity index is 1.91. The molecule has 1 heterocycles. The number of aliphatic hydroxyl groups excluding tert-OH is 2. The molecule has 0 saturated carbocycles. The number of ether oxygens (including phenoxy) is 2. The highest BCUT2D eigenvalue weighted by molar-refractivity contribution is 5.80. The van der Waals surface area contributed by atoms with Crippen LogP contribution in [0.25, 0.3) is 17.2 Å². The van der Waals surface area contributed by atoms with E-state index in [2.05, 4.69) is 26.1 Å². The zero-order valence-electron chi connectivity index (χ0n) is 27.8. The highest BCUT2D eigenvalue weighted by Gasteiger charge is 2.23. The summed E-state index contributed by atoms with van der Waals surface area (Å²) in [4.78, 5) is 16.1. The molecule has 3 atom stereocenters. The molecule has 8 nitrogen and oxygen atoms in total. The van der Waals surface area contributed by atoms with Crippen LogP contribution in [0.5, 0.6) is 5.75 Å². The zero-order chi connectivity index (χ0) is 33.8. The third-order valence-corrected chi connectivity index (χ3v) is 7.80. The second-order valence-electron chi connectivity index (χ2n) is 12.3. The number of hydrogen-bond donors (Lipinski definition) is 4. The van der Waals surface area contributed by atoms with Crippen LogP contribution in [-0.2, 0) is 22.4 Å². The van der Waals surface area contributed by atoms with Crippen molar-refractivity contribution in [2.45, 2.75) is 90.4 Å². The Bertz CT molecular complexity index is 1420. The Morgan fingerprint density at radius 3 is 2.22 bits per heavy atom. The molecule has 3 aromatic rings. The maximum absolute atomic E-state index is 14.0. The molecule has 1 unspecified atom stereocenters. The smallest absolute Gasteiger partial charge is 0.305 e. The average Bonchev–Trinajstić information content (AvgIpc) is 3.00. The van der Waals surface area contributed by atoms with Gasteiger partial charge in [0, 0.05) is 23.7 Å². The molecule has 3 rings (SSSR count). The summed E-state index contributed by atoms with van der Waals surface area (Å²) >= 11 is 0. The van der Waals surface area contributed by atoms with Crippen LogP contribution in [-0.4, -0.2) is 65.0 Å². The number of halogens is 1. The number of hydrogen-bond acceptors (Lipinski definition) is 7. The summed E-state index contributed by atoms with van der Waals surface area (Å²) in [5, 5.41) is 32.9. The summed E-state index contributed by atoms with van der Waals surface area (Å²) in [5.74, 6) is -0.655. The van der Waals surface area contributed by atoms with Gasteiger partial charge in [0.2, 0.25) is 0 Å². The SMILES string of the molecule is CNC(C)Cc1ccc(OCOCCc2c(C(C)C)nc(C(C)C)c(/C=C/[C@@H](O)C[C@@H](O)CC(=O)O)c2-c2ccc(F)cc2)cc1. The Kier molecular flexibility index (Phi) is 14.3. The van der Waals surface area contributed by atoms with E-state index in [1.807, 2.05) is 45.2 Å². The van der Waals surface area contributed by atoms with Gasteiger partial charge in [-0.3, -0.25) is 9.78 Å². The lowest BCUT2D eigenvalue weighted by Gasteiger charge is -2.24. The number of carboxylic acid groups (broad SMARTS) is 1. The highest BCUT2D eigenvalue weighted by atomic mass is 19.1. The second kappa shape index (κ2) is 17.9. The molecule has 9 heteroatoms. The normalized spacial score (nSPS) is 13.8. The lowest BCUT2D eigenvalue weighted by atomic mass is 9.85. The summed E-state index contributed by atoms with van der Waals surface area (Å²) in [6.45, 7) is 10.8. The average molecular weight is 637 g/mol. The first-order chi connectivity index (χ1) is 21.9. The maximum atomic E-state index is 14.0. The Morgan fingerprint density at radius 1 is 0.978 bits per heavy atom. The van der Waals surface area contributed by atoms with Gasteiger partial charge in [-0.2, -0.15) is 0 Å². The van der Waals surface area contributed by atoms with Crippen LogP contribution < -0.4 is 10.1 Å². The minimum Gasteiger partial charge on any atom is -0.481 e. The number of carboxylic acids is 1. The molecule has 0 amide bonds. The van der Waals surface area contributed by atoms with Crippen molar-refractivity contribution in [3.05, 3.63) is 88.5 Å². The number of nitrogens with zero attached hydrogens (tertiary/aromatic N) is 1. The summed E-state index contributed by atoms with van der Waals surface area (Å²) in [5.41, 5.74) is 6.34. The van der Waals surface area contributed by atoms with Gasteiger partial charge in [0.25, 0.3) is 0 Å². The molecular weight excluding hydrogens is 587 g/mol. The first-order valence-corrected chi connectivity index (χ1v) is 15.9. The third-order valence-electron chi connectivity index (χ3n) is 7.80. The van der Waals surface area contributed by atoms with Crippen molar-refractivity contribution in [3.8, 4) is 16.9 Å². The summed E-state index contributed by atoms with van der Waals surface area (Å²) < 4.78 is 25.8. The van der Waals surface area contributed by atoms with Gasteiger partial charge in [-0.25, -0.2) is 4.39 Å². The molecular formula is C37H49FN2O6. The number of aliphatic hydroxyl groups is 2. The van der Waals surface area contributed by atoms with E-state index in [0.717, 1.165) is 45.8 Å². The minimum atomic E-state index is -1.19. The number of likely N-dealkylation sites (N-methyl/N-ethyl adjacent to an activating group) is 1. The molecule has 0 saturated heterocycles. The Labute approximate surface area is 272 Å². The van der Waals surface area contributed by atoms with E-state index < -0.39 is 24.6 Å². The van der Waals surface area contributed by atoms with Crippen LogP contribution in [0, 0.1) is 5.82 Å². The van der Waals surface area contributed by atoms with E-state index in [0.29, 0.717) is 19.1 Å². The van der Waals surface area contributed by atoms with Gasteiger partial charge >= 0.3 is 5.97 Å². The van der Waals surface area contributed by atoms with Gasteiger partial charge in [-0.1, -0.05) is 64.1 Å². The van der Waals surface area contributed by atoms with E-state index in [1.165, 1.54) is 17.7 Å². The van der Waals surface area contributed by atoms with E-state index in [9.17, 15) is 19.4 Å². The van der Waals surface area contributed by atoms with Gasteiger partial charge in [0.1, 0.15) is 11.6 Å². The molecule has 1 aromatic heterocycles. The van der Waals surface area contributed by atoms with Gasteiger partial charge in [-0.05, 0) is 85.2 Å². The summed E-state index contributed by atoms with van der Waals surface area (Å²) in [7, 11) is 1.95. The molecule has 46 heavy (non-hydrogen) atoms. The van der Waals surface area contributed by atoms with E-state index in [-0.39, 0.29) is 30.9 Å². The number of aliphatic carboxylic acids is 1. The van der Waals surface area contributed by atoms with Crippen molar-refractivity contribution in [3.63, 3.8) is 0 Å². The third kappa shape index (κ3) is 11.0. The van der Waals surface area contributed by atoms with Crippen molar-refractivity contribution >= 4 is 12.0 Å². The number of aromatic nitrogens is 1. The first kappa shape index (κ1) is 36.8. The maximum Gasteiger partial charge on any atom is 0.305 e. The van der Waals surface area contributed by atoms with Crippen molar-refractivity contribution in [2.75, 3.05) is 20.4 Å². The molecule has 4 N–H and O–H groups in total. The number of rotatable bonds is 18. The molecule has 0 bridgehead atoms. The lowest BCUT2D eigenvalue weighted by Crippen LogP contribution is -2.23. The van der Waals surface area contributed by atoms with Crippen molar-refractivity contribution in [2.24, 2.45) is 0 Å². The molecule has 0 aliphatic rings. The van der Waals surface area contributed by atoms with E-state index in [4.69, 9.17) is 19.6 Å². The molecule has 0 fully saturated rings. The van der Waals surface area contributed by atoms with Crippen LogP contribution in [0.1, 0.15) is 87.4 Å². The molecule has 0 spiro atoms. The molecule has 0 aliphatic heterocycles. The number of pyridine rings is 1. The standard InChI is InChI=1S/C37H49FN2O6/c1-23(2)36-32(16-13-29(41)20-30(42)21-34(43)44)35(27-9-11-28(38)12-10-27)33(37(40-36)24(3)4)17-18-45-22-46-31-14-7-26(8-15-31)19-25(5)39-6/h7-16,23-25,29-30,39,41-42H,17-22H2,1-6H3,(H,43,44)/b16-13+/t25?,29-,30-/m1/s1.